The molecule has 0 unspecified atom stereocenters. The van der Waals surface area contributed by atoms with Crippen LogP contribution in [0.5, 0.6) is 0 Å². The molecule has 8 heteroatoms. The van der Waals surface area contributed by atoms with Crippen molar-refractivity contribution in [2.45, 2.75) is 13.8 Å². The first-order valence-electron chi connectivity index (χ1n) is 5.05. The van der Waals surface area contributed by atoms with Crippen molar-refractivity contribution >= 4 is 98.8 Å². The van der Waals surface area contributed by atoms with Crippen LogP contribution in [0.4, 0.5) is 0 Å². The third-order valence-electron chi connectivity index (χ3n) is 1.37. The molecule has 0 bridgehead atoms. The summed E-state index contributed by atoms with van der Waals surface area (Å²) in [6, 6.07) is 0. The molecule has 0 aliphatic heterocycles. The second kappa shape index (κ2) is 17.6. The maximum absolute atomic E-state index is 11.1. The van der Waals surface area contributed by atoms with E-state index in [0.717, 1.165) is 12.2 Å². The van der Waals surface area contributed by atoms with E-state index in [4.69, 9.17) is 0 Å². The van der Waals surface area contributed by atoms with Gasteiger partial charge in [-0.2, -0.15) is 4.21 Å². The Morgan fingerprint density at radius 3 is 1.45 bits per heavy atom. The Morgan fingerprint density at radius 2 is 1.15 bits per heavy atom. The van der Waals surface area contributed by atoms with E-state index in [-0.39, 0.29) is 75.5 Å². The minimum absolute atomic E-state index is 0. The molecule has 20 heavy (non-hydrogen) atoms. The summed E-state index contributed by atoms with van der Waals surface area (Å²) in [5, 5.41) is 0. The molecule has 0 aliphatic carbocycles. The predicted molar refractivity (Wildman–Crippen MR) is 85.3 cm³/mol. The monoisotopic (exact) mass is 354 g/mol. The van der Waals surface area contributed by atoms with Gasteiger partial charge >= 0.3 is 98.8 Å². The van der Waals surface area contributed by atoms with Gasteiger partial charge in [0.15, 0.2) is 0 Å². The van der Waals surface area contributed by atoms with Crippen molar-refractivity contribution in [3.05, 3.63) is 48.6 Å². The SMILES string of the molecule is C/C=C/C=C/C(=O)OS(=O)OC(=O)/C=C/C=C/C.[CaH2].[CaH2]. The third kappa shape index (κ3) is 16.6. The molecule has 0 heterocycles. The molecule has 106 valence electrons. The van der Waals surface area contributed by atoms with Crippen molar-refractivity contribution in [1.82, 2.24) is 0 Å². The van der Waals surface area contributed by atoms with Gasteiger partial charge in [-0.15, -0.1) is 0 Å². The summed E-state index contributed by atoms with van der Waals surface area (Å²) in [5.74, 6) is -1.73. The molecule has 0 aliphatic rings. The molecule has 0 N–H and O–H groups in total. The summed E-state index contributed by atoms with van der Waals surface area (Å²) in [6.45, 7) is 3.54. The van der Waals surface area contributed by atoms with Gasteiger partial charge < -0.3 is 8.37 Å². The standard InChI is InChI=1S/C12H14O5S.2Ca.4H/c1-3-5-7-9-11(13)16-18(15)17-12(14)10-8-6-4-2;;;;;;/h3-10H,1-2H3;;;;;;/b5-3+,6-4+,9-7+,10-8+;;;;;;. The normalized spacial score (nSPS) is 10.9. The van der Waals surface area contributed by atoms with E-state index in [1.807, 2.05) is 0 Å². The number of carbonyl (C=O) groups excluding carboxylic acids is 2. The van der Waals surface area contributed by atoms with Crippen LogP contribution in [0.3, 0.4) is 0 Å². The zero-order valence-corrected chi connectivity index (χ0v) is 10.9. The third-order valence-corrected chi connectivity index (χ3v) is 1.97. The van der Waals surface area contributed by atoms with Gasteiger partial charge in [-0.3, -0.25) is 0 Å². The summed E-state index contributed by atoms with van der Waals surface area (Å²) < 4.78 is 19.6. The fourth-order valence-electron chi connectivity index (χ4n) is 0.697. The molecule has 0 saturated heterocycles. The molecule has 0 rings (SSSR count). The first-order chi connectivity index (χ1) is 8.60. The Labute approximate surface area is 181 Å². The van der Waals surface area contributed by atoms with E-state index >= 15 is 0 Å². The molecule has 5 nitrogen and oxygen atoms in total. The number of hydrogen-bond donors (Lipinski definition) is 0. The van der Waals surface area contributed by atoms with E-state index < -0.39 is 23.3 Å². The number of carbonyl (C=O) groups is 2. The Morgan fingerprint density at radius 1 is 0.800 bits per heavy atom. The van der Waals surface area contributed by atoms with Crippen LogP contribution in [-0.4, -0.2) is 91.6 Å². The van der Waals surface area contributed by atoms with Gasteiger partial charge in [0.05, 0.1) is 0 Å². The van der Waals surface area contributed by atoms with Crippen LogP contribution < -0.4 is 0 Å². The summed E-state index contributed by atoms with van der Waals surface area (Å²) in [7, 11) is 0. The van der Waals surface area contributed by atoms with Gasteiger partial charge in [0, 0.05) is 12.2 Å². The van der Waals surface area contributed by atoms with Crippen LogP contribution >= 0.6 is 0 Å². The van der Waals surface area contributed by atoms with E-state index in [1.54, 1.807) is 38.2 Å². The van der Waals surface area contributed by atoms with E-state index in [0.29, 0.717) is 0 Å². The van der Waals surface area contributed by atoms with Crippen molar-refractivity contribution in [3.63, 3.8) is 0 Å². The summed E-state index contributed by atoms with van der Waals surface area (Å²) in [5.41, 5.74) is 0. The molecule has 0 aromatic heterocycles. The van der Waals surface area contributed by atoms with Crippen molar-refractivity contribution in [2.24, 2.45) is 0 Å². The molecular formula is C12H18Ca2O5S. The first-order valence-corrected chi connectivity index (χ1v) is 6.05. The van der Waals surface area contributed by atoms with E-state index in [9.17, 15) is 13.8 Å². The van der Waals surface area contributed by atoms with Crippen molar-refractivity contribution in [1.29, 1.82) is 0 Å². The summed E-state index contributed by atoms with van der Waals surface area (Å²) in [4.78, 5) is 22.0. The maximum atomic E-state index is 11.1. The van der Waals surface area contributed by atoms with Crippen LogP contribution in [0.1, 0.15) is 13.8 Å². The van der Waals surface area contributed by atoms with Gasteiger partial charge in [-0.05, 0) is 13.8 Å². The van der Waals surface area contributed by atoms with Crippen molar-refractivity contribution < 1.29 is 22.2 Å². The van der Waals surface area contributed by atoms with E-state index in [1.165, 1.54) is 12.2 Å². The topological polar surface area (TPSA) is 69.7 Å². The summed E-state index contributed by atoms with van der Waals surface area (Å²) in [6.07, 6.45) is 11.5. The molecule has 0 saturated carbocycles. The number of rotatable bonds is 6. The van der Waals surface area contributed by atoms with Crippen LogP contribution in [0.15, 0.2) is 48.6 Å². The van der Waals surface area contributed by atoms with Crippen LogP contribution in [0.25, 0.3) is 0 Å². The zero-order valence-electron chi connectivity index (χ0n) is 10.1. The molecule has 0 aromatic carbocycles. The van der Waals surface area contributed by atoms with Crippen LogP contribution in [-0.2, 0) is 29.3 Å². The minimum atomic E-state index is -2.44. The van der Waals surface area contributed by atoms with Crippen molar-refractivity contribution in [2.75, 3.05) is 0 Å². The van der Waals surface area contributed by atoms with Gasteiger partial charge in [-0.25, -0.2) is 9.59 Å². The van der Waals surface area contributed by atoms with Gasteiger partial charge in [-0.1, -0.05) is 36.5 Å². The molecule has 0 aromatic rings. The summed E-state index contributed by atoms with van der Waals surface area (Å²) >= 11 is -2.44. The Balaban J connectivity index is -0.00000144. The van der Waals surface area contributed by atoms with Gasteiger partial charge in [0.1, 0.15) is 0 Å². The second-order valence-electron chi connectivity index (χ2n) is 2.78. The fourth-order valence-corrected chi connectivity index (χ4v) is 1.11. The Bertz CT molecular complexity index is 390. The molecule has 0 amide bonds. The van der Waals surface area contributed by atoms with Crippen molar-refractivity contribution in [3.8, 4) is 0 Å². The Hall–Kier alpha value is 0.569. The zero-order chi connectivity index (χ0) is 13.8. The molecule has 0 atom stereocenters. The fraction of sp³-hybridized carbons (Fsp3) is 0.167. The quantitative estimate of drug-likeness (QED) is 0.384. The molecule has 0 radical (unpaired) electrons. The predicted octanol–water partition coefficient (Wildman–Crippen LogP) is 0.0837. The van der Waals surface area contributed by atoms with Crippen LogP contribution in [0, 0.1) is 0 Å². The average molecular weight is 354 g/mol. The molecule has 0 fully saturated rings. The number of allylic oxidation sites excluding steroid dienone is 6. The number of hydrogen-bond acceptors (Lipinski definition) is 5. The first kappa shape index (κ1) is 25.5. The molecule has 0 spiro atoms. The van der Waals surface area contributed by atoms with Gasteiger partial charge in [0.25, 0.3) is 0 Å². The second-order valence-corrected chi connectivity index (χ2v) is 3.52. The van der Waals surface area contributed by atoms with Gasteiger partial charge in [0.2, 0.25) is 0 Å². The average Bonchev–Trinajstić information content (AvgIpc) is 2.29. The molecular weight excluding hydrogens is 336 g/mol. The van der Waals surface area contributed by atoms with Crippen LogP contribution in [0.2, 0.25) is 0 Å². The Kier molecular flexibility index (Phi) is 22.5. The van der Waals surface area contributed by atoms with E-state index in [2.05, 4.69) is 8.37 Å².